The van der Waals surface area contributed by atoms with Crippen LogP contribution in [0.2, 0.25) is 0 Å². The quantitative estimate of drug-likeness (QED) is 0.846. The Labute approximate surface area is 122 Å². The zero-order chi connectivity index (χ0) is 15.4. The summed E-state index contributed by atoms with van der Waals surface area (Å²) in [5.41, 5.74) is 1.75. The van der Waals surface area contributed by atoms with E-state index in [0.29, 0.717) is 12.3 Å². The molecule has 1 N–H and O–H groups in total. The number of nitrogens with one attached hydrogen (secondary N) is 1. The summed E-state index contributed by atoms with van der Waals surface area (Å²) in [7, 11) is 1.80. The van der Waals surface area contributed by atoms with Crippen molar-refractivity contribution in [3.63, 3.8) is 0 Å². The molecule has 0 aliphatic carbocycles. The van der Waals surface area contributed by atoms with Crippen LogP contribution < -0.4 is 10.9 Å². The summed E-state index contributed by atoms with van der Waals surface area (Å²) in [4.78, 5) is 23.9. The molecule has 1 aromatic heterocycles. The Morgan fingerprint density at radius 3 is 2.57 bits per heavy atom. The highest BCUT2D eigenvalue weighted by Gasteiger charge is 2.16. The molecule has 0 saturated heterocycles. The molecule has 112 valence electrons. The maximum atomic E-state index is 12.5. The molecule has 0 fully saturated rings. The molecule has 0 bridgehead atoms. The van der Waals surface area contributed by atoms with E-state index < -0.39 is 0 Å². The van der Waals surface area contributed by atoms with Gasteiger partial charge in [-0.3, -0.25) is 14.3 Å². The molecule has 1 heterocycles. The first-order valence-electron chi connectivity index (χ1n) is 6.79. The van der Waals surface area contributed by atoms with Crippen LogP contribution in [0.3, 0.4) is 0 Å². The molecule has 0 atom stereocenters. The highest BCUT2D eigenvalue weighted by molar-refractivity contribution is 5.75. The van der Waals surface area contributed by atoms with Crippen LogP contribution in [0.15, 0.2) is 35.1 Å². The minimum atomic E-state index is -0.383. The monoisotopic (exact) mass is 289 g/mol. The number of benzene rings is 1. The second-order valence-electron chi connectivity index (χ2n) is 4.60. The molecule has 2 rings (SSSR count). The van der Waals surface area contributed by atoms with E-state index in [1.807, 2.05) is 37.3 Å². The summed E-state index contributed by atoms with van der Waals surface area (Å²) in [5.74, 6) is -0.383. The van der Waals surface area contributed by atoms with Crippen LogP contribution in [0.5, 0.6) is 0 Å². The third-order valence-corrected chi connectivity index (χ3v) is 3.27. The number of para-hydroxylation sites is 1. The molecule has 2 aromatic rings. The van der Waals surface area contributed by atoms with Gasteiger partial charge in [-0.2, -0.15) is 0 Å². The number of hydrogen-bond donors (Lipinski definition) is 1. The van der Waals surface area contributed by atoms with Gasteiger partial charge in [0.05, 0.1) is 18.0 Å². The van der Waals surface area contributed by atoms with E-state index in [1.54, 1.807) is 23.3 Å². The van der Waals surface area contributed by atoms with Gasteiger partial charge in [0.25, 0.3) is 5.56 Å². The fraction of sp³-hybridized carbons (Fsp3) is 0.333. The number of hydrogen-bond acceptors (Lipinski definition) is 4. The van der Waals surface area contributed by atoms with E-state index in [4.69, 9.17) is 4.74 Å². The van der Waals surface area contributed by atoms with Crippen LogP contribution in [-0.2, 0) is 16.6 Å². The van der Waals surface area contributed by atoms with Gasteiger partial charge in [0.15, 0.2) is 0 Å². The zero-order valence-electron chi connectivity index (χ0n) is 12.4. The molecule has 21 heavy (non-hydrogen) atoms. The Bertz CT molecular complexity index is 686. The summed E-state index contributed by atoms with van der Waals surface area (Å²) in [6.45, 7) is 3.87. The van der Waals surface area contributed by atoms with E-state index in [9.17, 15) is 9.59 Å². The van der Waals surface area contributed by atoms with Gasteiger partial charge in [-0.1, -0.05) is 18.2 Å². The van der Waals surface area contributed by atoms with Crippen LogP contribution in [-0.4, -0.2) is 28.5 Å². The van der Waals surface area contributed by atoms with Gasteiger partial charge in [-0.05, 0) is 26.0 Å². The number of carbonyl (C=O) groups is 1. The molecule has 0 amide bonds. The number of aromatic nitrogens is 2. The molecule has 0 aliphatic heterocycles. The smallest absolute Gasteiger partial charge is 0.325 e. The number of nitrogens with zero attached hydrogens (tertiary/aromatic N) is 2. The Balaban J connectivity index is 2.33. The molecule has 6 nitrogen and oxygen atoms in total. The normalized spacial score (nSPS) is 10.4. The summed E-state index contributed by atoms with van der Waals surface area (Å²) in [6.07, 6.45) is 0. The van der Waals surface area contributed by atoms with Gasteiger partial charge in [-0.15, -0.1) is 0 Å². The summed E-state index contributed by atoms with van der Waals surface area (Å²) in [6, 6.07) is 9.35. The molecule has 0 saturated carbocycles. The Hall–Kier alpha value is -2.50. The predicted molar refractivity (Wildman–Crippen MR) is 80.9 cm³/mol. The van der Waals surface area contributed by atoms with Crippen LogP contribution in [0.25, 0.3) is 5.69 Å². The lowest BCUT2D eigenvalue weighted by Gasteiger charge is -2.07. The number of anilines is 1. The maximum Gasteiger partial charge on any atom is 0.325 e. The van der Waals surface area contributed by atoms with Crippen molar-refractivity contribution in [3.8, 4) is 5.69 Å². The molecule has 1 aromatic carbocycles. The lowest BCUT2D eigenvalue weighted by Crippen LogP contribution is -2.23. The first kappa shape index (κ1) is 14.9. The number of ether oxygens (including phenoxy) is 1. The molecular formula is C15H19N3O3. The van der Waals surface area contributed by atoms with Gasteiger partial charge in [0.2, 0.25) is 0 Å². The molecule has 0 aliphatic rings. The van der Waals surface area contributed by atoms with Crippen molar-refractivity contribution in [1.82, 2.24) is 9.36 Å². The highest BCUT2D eigenvalue weighted by Crippen LogP contribution is 2.13. The fourth-order valence-corrected chi connectivity index (χ4v) is 2.14. The first-order chi connectivity index (χ1) is 10.1. The van der Waals surface area contributed by atoms with Crippen LogP contribution in [0.1, 0.15) is 12.6 Å². The van der Waals surface area contributed by atoms with Crippen molar-refractivity contribution in [2.45, 2.75) is 13.8 Å². The van der Waals surface area contributed by atoms with E-state index in [-0.39, 0.29) is 18.1 Å². The van der Waals surface area contributed by atoms with Crippen molar-refractivity contribution < 1.29 is 9.53 Å². The van der Waals surface area contributed by atoms with Crippen LogP contribution in [0, 0.1) is 6.92 Å². The van der Waals surface area contributed by atoms with E-state index in [2.05, 4.69) is 5.32 Å². The molecule has 0 spiro atoms. The largest absolute Gasteiger partial charge is 0.465 e. The SMILES string of the molecule is CCOC(=O)CNc1c(C)n(C)n(-c2ccccc2)c1=O. The average molecular weight is 289 g/mol. The van der Waals surface area contributed by atoms with Gasteiger partial charge < -0.3 is 10.1 Å². The Kier molecular flexibility index (Phi) is 4.47. The zero-order valence-corrected chi connectivity index (χ0v) is 12.4. The summed E-state index contributed by atoms with van der Waals surface area (Å²) >= 11 is 0. The highest BCUT2D eigenvalue weighted by atomic mass is 16.5. The minimum absolute atomic E-state index is 0.0251. The van der Waals surface area contributed by atoms with Crippen molar-refractivity contribution in [3.05, 3.63) is 46.4 Å². The number of carbonyl (C=O) groups excluding carboxylic acids is 1. The van der Waals surface area contributed by atoms with E-state index in [0.717, 1.165) is 11.4 Å². The van der Waals surface area contributed by atoms with Crippen LogP contribution >= 0.6 is 0 Å². The second kappa shape index (κ2) is 6.30. The molecule has 0 unspecified atom stereocenters. The van der Waals surface area contributed by atoms with Crippen molar-refractivity contribution >= 4 is 11.7 Å². The summed E-state index contributed by atoms with van der Waals surface area (Å²) < 4.78 is 8.16. The topological polar surface area (TPSA) is 65.3 Å². The van der Waals surface area contributed by atoms with Gasteiger partial charge in [-0.25, -0.2) is 4.68 Å². The van der Waals surface area contributed by atoms with Crippen molar-refractivity contribution in [2.24, 2.45) is 7.05 Å². The van der Waals surface area contributed by atoms with Crippen molar-refractivity contribution in [2.75, 3.05) is 18.5 Å². The minimum Gasteiger partial charge on any atom is -0.465 e. The number of esters is 1. The van der Waals surface area contributed by atoms with E-state index in [1.165, 1.54) is 0 Å². The fourth-order valence-electron chi connectivity index (χ4n) is 2.14. The Morgan fingerprint density at radius 1 is 1.29 bits per heavy atom. The third kappa shape index (κ3) is 2.99. The van der Waals surface area contributed by atoms with E-state index >= 15 is 0 Å². The maximum absolute atomic E-state index is 12.5. The predicted octanol–water partition coefficient (Wildman–Crippen LogP) is 1.46. The summed E-state index contributed by atoms with van der Waals surface area (Å²) in [5, 5.41) is 2.87. The van der Waals surface area contributed by atoms with Gasteiger partial charge >= 0.3 is 5.97 Å². The third-order valence-electron chi connectivity index (χ3n) is 3.27. The van der Waals surface area contributed by atoms with Crippen molar-refractivity contribution in [1.29, 1.82) is 0 Å². The van der Waals surface area contributed by atoms with Gasteiger partial charge in [0, 0.05) is 7.05 Å². The lowest BCUT2D eigenvalue weighted by atomic mass is 10.3. The van der Waals surface area contributed by atoms with Gasteiger partial charge in [0.1, 0.15) is 12.2 Å². The molecule has 6 heteroatoms. The molecular weight excluding hydrogens is 270 g/mol. The lowest BCUT2D eigenvalue weighted by molar-refractivity contribution is -0.140. The second-order valence-corrected chi connectivity index (χ2v) is 4.60. The standard InChI is InChI=1S/C15H19N3O3/c1-4-21-13(19)10-16-14-11(2)17(3)18(15(14)20)12-8-6-5-7-9-12/h5-9,16H,4,10H2,1-3H3. The van der Waals surface area contributed by atoms with Crippen LogP contribution in [0.4, 0.5) is 5.69 Å². The Morgan fingerprint density at radius 2 is 1.95 bits per heavy atom. The first-order valence-corrected chi connectivity index (χ1v) is 6.79. The average Bonchev–Trinajstić information content (AvgIpc) is 2.69. The molecule has 0 radical (unpaired) electrons. The number of rotatable bonds is 5.